The van der Waals surface area contributed by atoms with Crippen LogP contribution in [0.2, 0.25) is 0 Å². The van der Waals surface area contributed by atoms with Crippen LogP contribution < -0.4 is 16.1 Å². The Bertz CT molecular complexity index is 792. The van der Waals surface area contributed by atoms with E-state index in [1.807, 2.05) is 49.4 Å². The molecule has 3 N–H and O–H groups in total. The molecule has 25 heavy (non-hydrogen) atoms. The molecule has 0 saturated heterocycles. The molecule has 1 aromatic carbocycles. The summed E-state index contributed by atoms with van der Waals surface area (Å²) in [6.45, 7) is 1.88. The van der Waals surface area contributed by atoms with Crippen LogP contribution in [0.3, 0.4) is 0 Å². The number of carbonyl (C=O) groups is 2. The third kappa shape index (κ3) is 3.65. The first kappa shape index (κ1) is 16.6. The van der Waals surface area contributed by atoms with E-state index in [1.54, 1.807) is 12.4 Å². The Balaban J connectivity index is 1.77. The number of para-hydroxylation sites is 1. The first-order valence-corrected chi connectivity index (χ1v) is 7.98. The van der Waals surface area contributed by atoms with Crippen LogP contribution in [0.15, 0.2) is 60.0 Å². The van der Waals surface area contributed by atoms with Crippen molar-refractivity contribution in [2.75, 3.05) is 5.01 Å². The third-order valence-corrected chi connectivity index (χ3v) is 4.08. The smallest absolute Gasteiger partial charge is 0.268 e. The van der Waals surface area contributed by atoms with Gasteiger partial charge in [-0.25, -0.2) is 0 Å². The maximum Gasteiger partial charge on any atom is 0.268 e. The lowest BCUT2D eigenvalue weighted by Gasteiger charge is -2.20. The predicted molar refractivity (Wildman–Crippen MR) is 94.8 cm³/mol. The van der Waals surface area contributed by atoms with Crippen molar-refractivity contribution in [3.8, 4) is 0 Å². The fourth-order valence-corrected chi connectivity index (χ4v) is 2.70. The highest BCUT2D eigenvalue weighted by molar-refractivity contribution is 6.40. The molecule has 2 aromatic rings. The van der Waals surface area contributed by atoms with Crippen LogP contribution in [0.25, 0.3) is 0 Å². The lowest BCUT2D eigenvalue weighted by molar-refractivity contribution is -0.119. The minimum absolute atomic E-state index is 0.180. The molecule has 0 saturated carbocycles. The zero-order chi connectivity index (χ0) is 17.8. The molecule has 2 amide bonds. The summed E-state index contributed by atoms with van der Waals surface area (Å²) in [6, 6.07) is 12.0. The number of pyridine rings is 1. The van der Waals surface area contributed by atoms with E-state index in [0.29, 0.717) is 0 Å². The molecule has 0 fully saturated rings. The molecule has 7 heteroatoms. The molecule has 0 bridgehead atoms. The Labute approximate surface area is 145 Å². The molecule has 7 nitrogen and oxygen atoms in total. The predicted octanol–water partition coefficient (Wildman–Crippen LogP) is 1.38. The minimum atomic E-state index is -0.667. The van der Waals surface area contributed by atoms with Gasteiger partial charge in [-0.05, 0) is 36.8 Å². The highest BCUT2D eigenvalue weighted by Gasteiger charge is 2.35. The average molecular weight is 337 g/mol. The van der Waals surface area contributed by atoms with Gasteiger partial charge >= 0.3 is 0 Å². The number of nitrogens with two attached hydrogens (primary N) is 1. The minimum Gasteiger partial charge on any atom is -0.368 e. The number of nitrogens with one attached hydrogen (secondary N) is 1. The van der Waals surface area contributed by atoms with E-state index < -0.39 is 11.9 Å². The van der Waals surface area contributed by atoms with Crippen molar-refractivity contribution in [2.45, 2.75) is 25.4 Å². The molecule has 128 valence electrons. The topological polar surface area (TPSA) is 101 Å². The van der Waals surface area contributed by atoms with E-state index in [0.717, 1.165) is 11.3 Å². The molecule has 3 rings (SSSR count). The summed E-state index contributed by atoms with van der Waals surface area (Å²) in [5.74, 6) is -0.827. The number of benzene rings is 1. The molecule has 0 unspecified atom stereocenters. The van der Waals surface area contributed by atoms with E-state index in [2.05, 4.69) is 15.4 Å². The molecule has 1 aliphatic rings. The fourth-order valence-electron chi connectivity index (χ4n) is 2.70. The van der Waals surface area contributed by atoms with Crippen molar-refractivity contribution in [1.82, 2.24) is 10.3 Å². The quantitative estimate of drug-likeness (QED) is 0.860. The number of primary amides is 1. The van der Waals surface area contributed by atoms with Gasteiger partial charge in [-0.2, -0.15) is 5.10 Å². The zero-order valence-corrected chi connectivity index (χ0v) is 13.8. The summed E-state index contributed by atoms with van der Waals surface area (Å²) in [5.41, 5.74) is 7.43. The van der Waals surface area contributed by atoms with Crippen LogP contribution in [-0.4, -0.2) is 28.6 Å². The van der Waals surface area contributed by atoms with Crippen molar-refractivity contribution in [3.05, 3.63) is 60.4 Å². The largest absolute Gasteiger partial charge is 0.368 e. The molecular weight excluding hydrogens is 318 g/mol. The van der Waals surface area contributed by atoms with Crippen LogP contribution in [0.4, 0.5) is 5.69 Å². The fraction of sp³-hybridized carbons (Fsp3) is 0.222. The van der Waals surface area contributed by atoms with Gasteiger partial charge in [0.2, 0.25) is 5.91 Å². The van der Waals surface area contributed by atoms with E-state index in [9.17, 15) is 9.59 Å². The third-order valence-electron chi connectivity index (χ3n) is 4.08. The number of hydrazone groups is 1. The molecular formula is C18H19N5O2. The Morgan fingerprint density at radius 1 is 1.20 bits per heavy atom. The van der Waals surface area contributed by atoms with Crippen LogP contribution in [0, 0.1) is 0 Å². The number of rotatable bonds is 5. The molecule has 2 heterocycles. The molecule has 0 spiro atoms. The van der Waals surface area contributed by atoms with E-state index >= 15 is 0 Å². The number of anilines is 1. The Morgan fingerprint density at radius 2 is 1.88 bits per heavy atom. The van der Waals surface area contributed by atoms with Gasteiger partial charge < -0.3 is 11.1 Å². The summed E-state index contributed by atoms with van der Waals surface area (Å²) >= 11 is 0. The van der Waals surface area contributed by atoms with Gasteiger partial charge in [-0.1, -0.05) is 18.2 Å². The normalized spacial score (nSPS) is 17.7. The van der Waals surface area contributed by atoms with Gasteiger partial charge in [0.25, 0.3) is 5.91 Å². The standard InChI is InChI=1S/C18H19N5O2/c1-12(13-7-9-20-10-8-13)21-18(25)15-11-16(17(19)24)23(22-15)14-5-3-2-4-6-14/h2-10,12,16H,11H2,1H3,(H2,19,24)(H,21,25)/t12-,16-/m1/s1. The van der Waals surface area contributed by atoms with Crippen LogP contribution in [0.1, 0.15) is 24.9 Å². The number of hydrogen-bond acceptors (Lipinski definition) is 5. The SMILES string of the molecule is C[C@@H](NC(=O)C1=NN(c2ccccc2)[C@@H](C(N)=O)C1)c1ccncc1. The van der Waals surface area contributed by atoms with Gasteiger partial charge in [0.15, 0.2) is 0 Å². The maximum absolute atomic E-state index is 12.5. The second-order valence-corrected chi connectivity index (χ2v) is 5.82. The zero-order valence-electron chi connectivity index (χ0n) is 13.8. The Kier molecular flexibility index (Phi) is 4.74. The van der Waals surface area contributed by atoms with Gasteiger partial charge in [0, 0.05) is 18.8 Å². The highest BCUT2D eigenvalue weighted by atomic mass is 16.2. The highest BCUT2D eigenvalue weighted by Crippen LogP contribution is 2.24. The Morgan fingerprint density at radius 3 is 2.52 bits per heavy atom. The molecule has 0 aliphatic carbocycles. The van der Waals surface area contributed by atoms with Gasteiger partial charge in [-0.15, -0.1) is 0 Å². The van der Waals surface area contributed by atoms with Crippen molar-refractivity contribution in [2.24, 2.45) is 10.8 Å². The molecule has 0 radical (unpaired) electrons. The summed E-state index contributed by atoms with van der Waals surface area (Å²) in [4.78, 5) is 28.3. The Hall–Kier alpha value is -3.22. The average Bonchev–Trinajstić information content (AvgIpc) is 3.09. The van der Waals surface area contributed by atoms with Crippen molar-refractivity contribution in [1.29, 1.82) is 0 Å². The van der Waals surface area contributed by atoms with Crippen LogP contribution in [0.5, 0.6) is 0 Å². The number of carbonyl (C=O) groups excluding carboxylic acids is 2. The summed E-state index contributed by atoms with van der Waals surface area (Å²) in [5, 5.41) is 8.73. The first-order chi connectivity index (χ1) is 12.1. The van der Waals surface area contributed by atoms with E-state index in [-0.39, 0.29) is 24.1 Å². The molecule has 1 aromatic heterocycles. The first-order valence-electron chi connectivity index (χ1n) is 7.98. The number of hydrogen-bond donors (Lipinski definition) is 2. The number of nitrogens with zero attached hydrogens (tertiary/aromatic N) is 3. The lowest BCUT2D eigenvalue weighted by atomic mass is 10.1. The van der Waals surface area contributed by atoms with Crippen LogP contribution >= 0.6 is 0 Å². The van der Waals surface area contributed by atoms with Crippen molar-refractivity contribution in [3.63, 3.8) is 0 Å². The molecule has 2 atom stereocenters. The number of amides is 2. The number of aromatic nitrogens is 1. The van der Waals surface area contributed by atoms with Gasteiger partial charge in [-0.3, -0.25) is 19.6 Å². The lowest BCUT2D eigenvalue weighted by Crippen LogP contribution is -2.40. The van der Waals surface area contributed by atoms with E-state index in [4.69, 9.17) is 5.73 Å². The van der Waals surface area contributed by atoms with Gasteiger partial charge in [0.1, 0.15) is 11.8 Å². The second-order valence-electron chi connectivity index (χ2n) is 5.82. The summed E-state index contributed by atoms with van der Waals surface area (Å²) in [6.07, 6.45) is 3.52. The van der Waals surface area contributed by atoms with E-state index in [1.165, 1.54) is 5.01 Å². The monoisotopic (exact) mass is 337 g/mol. The maximum atomic E-state index is 12.5. The molecule has 1 aliphatic heterocycles. The second kappa shape index (κ2) is 7.12. The summed E-state index contributed by atoms with van der Waals surface area (Å²) < 4.78 is 0. The van der Waals surface area contributed by atoms with Crippen LogP contribution in [-0.2, 0) is 9.59 Å². The van der Waals surface area contributed by atoms with Gasteiger partial charge in [0.05, 0.1) is 11.7 Å². The van der Waals surface area contributed by atoms with Crippen molar-refractivity contribution >= 4 is 23.2 Å². The van der Waals surface area contributed by atoms with Crippen molar-refractivity contribution < 1.29 is 9.59 Å². The summed E-state index contributed by atoms with van der Waals surface area (Å²) in [7, 11) is 0.